The summed E-state index contributed by atoms with van der Waals surface area (Å²) in [6.45, 7) is 0.185. The molecule has 0 atom stereocenters. The molecular weight excluding hydrogens is 244 g/mol. The molecule has 0 aliphatic rings. The average molecular weight is 256 g/mol. The summed E-state index contributed by atoms with van der Waals surface area (Å²) in [4.78, 5) is 42.0. The SMILES string of the molecule is O=C(O)/C=C\C(=O)NCCNC(=O)/C=C\C(=O)O. The van der Waals surface area contributed by atoms with E-state index in [1.807, 2.05) is 0 Å². The summed E-state index contributed by atoms with van der Waals surface area (Å²) in [5.41, 5.74) is 0. The van der Waals surface area contributed by atoms with Crippen molar-refractivity contribution in [2.45, 2.75) is 0 Å². The van der Waals surface area contributed by atoms with E-state index in [1.165, 1.54) is 0 Å². The minimum atomic E-state index is -1.24. The molecule has 0 rings (SSSR count). The molecule has 0 aliphatic carbocycles. The second kappa shape index (κ2) is 8.50. The van der Waals surface area contributed by atoms with E-state index in [0.717, 1.165) is 12.2 Å². The Morgan fingerprint density at radius 3 is 1.33 bits per heavy atom. The Morgan fingerprint density at radius 1 is 0.722 bits per heavy atom. The fraction of sp³-hybridized carbons (Fsp3) is 0.200. The number of nitrogens with one attached hydrogen (secondary N) is 2. The average Bonchev–Trinajstić information content (AvgIpc) is 2.29. The minimum absolute atomic E-state index is 0.0927. The molecule has 0 unspecified atom stereocenters. The molecule has 8 heteroatoms. The van der Waals surface area contributed by atoms with E-state index >= 15 is 0 Å². The first-order chi connectivity index (χ1) is 8.41. The normalized spacial score (nSPS) is 10.4. The Kier molecular flexibility index (Phi) is 7.26. The van der Waals surface area contributed by atoms with Crippen LogP contribution in [-0.2, 0) is 19.2 Å². The Balaban J connectivity index is 3.74. The number of carboxylic acids is 2. The zero-order valence-corrected chi connectivity index (χ0v) is 9.25. The zero-order chi connectivity index (χ0) is 14.0. The van der Waals surface area contributed by atoms with Gasteiger partial charge in [0.25, 0.3) is 0 Å². The second-order valence-corrected chi connectivity index (χ2v) is 2.93. The summed E-state index contributed by atoms with van der Waals surface area (Å²) in [6, 6.07) is 0. The highest BCUT2D eigenvalue weighted by Crippen LogP contribution is 1.76. The fourth-order valence-electron chi connectivity index (χ4n) is 0.783. The number of hydrogen-bond acceptors (Lipinski definition) is 4. The van der Waals surface area contributed by atoms with E-state index in [0.29, 0.717) is 12.2 Å². The van der Waals surface area contributed by atoms with Crippen LogP contribution in [0.1, 0.15) is 0 Å². The monoisotopic (exact) mass is 256 g/mol. The van der Waals surface area contributed by atoms with Gasteiger partial charge in [-0.3, -0.25) is 9.59 Å². The van der Waals surface area contributed by atoms with Crippen LogP contribution in [0.3, 0.4) is 0 Å². The highest BCUT2D eigenvalue weighted by Gasteiger charge is 1.98. The molecule has 0 aliphatic heterocycles. The first kappa shape index (κ1) is 15.4. The minimum Gasteiger partial charge on any atom is -0.478 e. The molecule has 0 bridgehead atoms. The van der Waals surface area contributed by atoms with Crippen LogP contribution in [0.5, 0.6) is 0 Å². The van der Waals surface area contributed by atoms with Crippen LogP contribution in [-0.4, -0.2) is 47.1 Å². The Bertz CT molecular complexity index is 361. The molecule has 0 heterocycles. The van der Waals surface area contributed by atoms with E-state index in [4.69, 9.17) is 10.2 Å². The lowest BCUT2D eigenvalue weighted by Crippen LogP contribution is -2.33. The lowest BCUT2D eigenvalue weighted by atomic mass is 10.4. The number of amides is 2. The van der Waals surface area contributed by atoms with Crippen LogP contribution in [0.4, 0.5) is 0 Å². The molecule has 4 N–H and O–H groups in total. The van der Waals surface area contributed by atoms with Crippen LogP contribution < -0.4 is 10.6 Å². The van der Waals surface area contributed by atoms with Crippen molar-refractivity contribution in [1.29, 1.82) is 0 Å². The number of aliphatic carboxylic acids is 2. The smallest absolute Gasteiger partial charge is 0.328 e. The highest BCUT2D eigenvalue weighted by molar-refractivity contribution is 5.94. The van der Waals surface area contributed by atoms with Gasteiger partial charge in [-0.25, -0.2) is 9.59 Å². The van der Waals surface area contributed by atoms with Gasteiger partial charge in [-0.05, 0) is 0 Å². The van der Waals surface area contributed by atoms with Crippen LogP contribution in [0.2, 0.25) is 0 Å². The highest BCUT2D eigenvalue weighted by atomic mass is 16.4. The van der Waals surface area contributed by atoms with Crippen molar-refractivity contribution in [2.24, 2.45) is 0 Å². The molecule has 0 aromatic heterocycles. The van der Waals surface area contributed by atoms with E-state index in [2.05, 4.69) is 10.6 Å². The molecule has 0 fully saturated rings. The molecule has 0 aromatic rings. The van der Waals surface area contributed by atoms with Gasteiger partial charge in [0.05, 0.1) is 0 Å². The molecule has 18 heavy (non-hydrogen) atoms. The van der Waals surface area contributed by atoms with E-state index in [9.17, 15) is 19.2 Å². The standard InChI is InChI=1S/C10H12N2O6/c13-7(1-3-9(15)16)11-5-6-12-8(14)2-4-10(17)18/h1-4H,5-6H2,(H,11,13)(H,12,14)(H,15,16)(H,17,18)/b3-1-,4-2-. The number of carbonyl (C=O) groups is 4. The topological polar surface area (TPSA) is 133 Å². The van der Waals surface area contributed by atoms with Gasteiger partial charge in [-0.2, -0.15) is 0 Å². The van der Waals surface area contributed by atoms with Gasteiger partial charge in [0.2, 0.25) is 11.8 Å². The van der Waals surface area contributed by atoms with Gasteiger partial charge < -0.3 is 20.8 Å². The van der Waals surface area contributed by atoms with Crippen molar-refractivity contribution in [3.05, 3.63) is 24.3 Å². The Hall–Kier alpha value is -2.64. The summed E-state index contributed by atoms with van der Waals surface area (Å²) < 4.78 is 0. The third kappa shape index (κ3) is 9.90. The predicted molar refractivity (Wildman–Crippen MR) is 59.6 cm³/mol. The first-order valence-corrected chi connectivity index (χ1v) is 4.79. The molecule has 0 aromatic carbocycles. The summed E-state index contributed by atoms with van der Waals surface area (Å²) in [7, 11) is 0. The van der Waals surface area contributed by atoms with Crippen molar-refractivity contribution in [2.75, 3.05) is 13.1 Å². The van der Waals surface area contributed by atoms with Gasteiger partial charge in [0.15, 0.2) is 0 Å². The summed E-state index contributed by atoms with van der Waals surface area (Å²) in [6.07, 6.45) is 3.05. The van der Waals surface area contributed by atoms with E-state index in [1.54, 1.807) is 0 Å². The quantitative estimate of drug-likeness (QED) is 0.323. The van der Waals surface area contributed by atoms with Gasteiger partial charge in [-0.1, -0.05) is 0 Å². The van der Waals surface area contributed by atoms with Crippen LogP contribution in [0.25, 0.3) is 0 Å². The van der Waals surface area contributed by atoms with Crippen molar-refractivity contribution >= 4 is 23.8 Å². The van der Waals surface area contributed by atoms with Crippen molar-refractivity contribution < 1.29 is 29.4 Å². The van der Waals surface area contributed by atoms with Crippen LogP contribution >= 0.6 is 0 Å². The number of rotatable bonds is 7. The Labute approximate surface area is 102 Å². The maximum absolute atomic E-state index is 10.9. The van der Waals surface area contributed by atoms with Gasteiger partial charge in [-0.15, -0.1) is 0 Å². The largest absolute Gasteiger partial charge is 0.478 e. The van der Waals surface area contributed by atoms with Crippen LogP contribution in [0.15, 0.2) is 24.3 Å². The summed E-state index contributed by atoms with van der Waals surface area (Å²) >= 11 is 0. The third-order valence-corrected chi connectivity index (χ3v) is 1.48. The predicted octanol–water partition coefficient (Wildman–Crippen LogP) is -1.50. The number of carbonyl (C=O) groups excluding carboxylic acids is 2. The summed E-state index contributed by atoms with van der Waals surface area (Å²) in [5, 5.41) is 21.1. The molecular formula is C10H12N2O6. The molecule has 0 spiro atoms. The number of carboxylic acid groups (broad SMARTS) is 2. The third-order valence-electron chi connectivity index (χ3n) is 1.48. The van der Waals surface area contributed by atoms with E-state index < -0.39 is 23.8 Å². The molecule has 0 saturated heterocycles. The van der Waals surface area contributed by atoms with Gasteiger partial charge >= 0.3 is 11.9 Å². The lowest BCUT2D eigenvalue weighted by molar-refractivity contribution is -0.132. The van der Waals surface area contributed by atoms with Crippen molar-refractivity contribution in [3.63, 3.8) is 0 Å². The molecule has 8 nitrogen and oxygen atoms in total. The first-order valence-electron chi connectivity index (χ1n) is 4.79. The Morgan fingerprint density at radius 2 is 1.06 bits per heavy atom. The molecule has 2 amide bonds. The lowest BCUT2D eigenvalue weighted by Gasteiger charge is -2.02. The van der Waals surface area contributed by atoms with Crippen LogP contribution in [0, 0.1) is 0 Å². The van der Waals surface area contributed by atoms with Gasteiger partial charge in [0, 0.05) is 37.4 Å². The summed E-state index contributed by atoms with van der Waals surface area (Å²) in [5.74, 6) is -3.69. The maximum atomic E-state index is 10.9. The van der Waals surface area contributed by atoms with Gasteiger partial charge in [0.1, 0.15) is 0 Å². The van der Waals surface area contributed by atoms with Crippen molar-refractivity contribution in [3.8, 4) is 0 Å². The molecule has 0 radical (unpaired) electrons. The molecule has 98 valence electrons. The zero-order valence-electron chi connectivity index (χ0n) is 9.25. The van der Waals surface area contributed by atoms with Crippen molar-refractivity contribution in [1.82, 2.24) is 10.6 Å². The number of hydrogen-bond donors (Lipinski definition) is 4. The van der Waals surface area contributed by atoms with E-state index in [-0.39, 0.29) is 13.1 Å². The fourth-order valence-corrected chi connectivity index (χ4v) is 0.783. The maximum Gasteiger partial charge on any atom is 0.328 e. The molecule has 0 saturated carbocycles. The second-order valence-electron chi connectivity index (χ2n) is 2.93.